The molecule has 0 bridgehead atoms. The summed E-state index contributed by atoms with van der Waals surface area (Å²) in [7, 11) is 1.90. The second kappa shape index (κ2) is 5.44. The Hall–Kier alpha value is -2.56. The molecule has 0 spiro atoms. The Morgan fingerprint density at radius 1 is 1.24 bits per heavy atom. The highest BCUT2D eigenvalue weighted by Crippen LogP contribution is 2.29. The summed E-state index contributed by atoms with van der Waals surface area (Å²) in [5.74, 6) is 0.816. The Morgan fingerprint density at radius 3 is 2.86 bits per heavy atom. The van der Waals surface area contributed by atoms with Crippen LogP contribution < -0.4 is 11.1 Å². The molecule has 0 amide bonds. The van der Waals surface area contributed by atoms with Crippen molar-refractivity contribution < 1.29 is 0 Å². The fraction of sp³-hybridized carbons (Fsp3) is 0.250. The molecule has 0 aliphatic carbocycles. The Morgan fingerprint density at radius 2 is 2.05 bits per heavy atom. The Labute approximate surface area is 123 Å². The number of nitrogens with one attached hydrogen (secondary N) is 1. The summed E-state index contributed by atoms with van der Waals surface area (Å²) in [6, 6.07) is 10.0. The number of rotatable bonds is 4. The maximum absolute atomic E-state index is 6.22. The standard InChI is InChI=1S/C16H19N5/c1-3-6-12-14(17)16(21(2)20-12)19-13-9-4-7-11-8-5-10-18-15(11)13/h4-5,7-10,19H,3,6,17H2,1-2H3. The van der Waals surface area contributed by atoms with Gasteiger partial charge in [0, 0.05) is 18.6 Å². The van der Waals surface area contributed by atoms with Crippen LogP contribution in [0.15, 0.2) is 36.5 Å². The van der Waals surface area contributed by atoms with Crippen LogP contribution in [-0.2, 0) is 13.5 Å². The van der Waals surface area contributed by atoms with Crippen LogP contribution in [0.5, 0.6) is 0 Å². The van der Waals surface area contributed by atoms with Gasteiger partial charge in [0.25, 0.3) is 0 Å². The smallest absolute Gasteiger partial charge is 0.152 e. The highest BCUT2D eigenvalue weighted by Gasteiger charge is 2.13. The van der Waals surface area contributed by atoms with Gasteiger partial charge in [0.1, 0.15) is 0 Å². The lowest BCUT2D eigenvalue weighted by molar-refractivity contribution is 0.740. The van der Waals surface area contributed by atoms with Gasteiger partial charge in [-0.2, -0.15) is 5.10 Å². The predicted octanol–water partition coefficient (Wildman–Crippen LogP) is 3.25. The van der Waals surface area contributed by atoms with E-state index in [1.54, 1.807) is 10.9 Å². The zero-order valence-electron chi connectivity index (χ0n) is 12.3. The monoisotopic (exact) mass is 281 g/mol. The number of aromatic nitrogens is 3. The van der Waals surface area contributed by atoms with Crippen molar-refractivity contribution in [2.75, 3.05) is 11.1 Å². The number of benzene rings is 1. The molecule has 3 N–H and O–H groups in total. The molecule has 3 rings (SSSR count). The molecule has 3 aromatic rings. The predicted molar refractivity (Wildman–Crippen MR) is 86.6 cm³/mol. The molecule has 0 atom stereocenters. The van der Waals surface area contributed by atoms with Crippen LogP contribution in [0.25, 0.3) is 10.9 Å². The lowest BCUT2D eigenvalue weighted by atomic mass is 10.2. The molecule has 2 aromatic heterocycles. The molecule has 0 aliphatic rings. The summed E-state index contributed by atoms with van der Waals surface area (Å²) >= 11 is 0. The van der Waals surface area contributed by atoms with Gasteiger partial charge in [-0.25, -0.2) is 0 Å². The van der Waals surface area contributed by atoms with Gasteiger partial charge in [0.15, 0.2) is 5.82 Å². The number of hydrogen-bond donors (Lipinski definition) is 2. The van der Waals surface area contributed by atoms with Crippen molar-refractivity contribution in [3.63, 3.8) is 0 Å². The maximum Gasteiger partial charge on any atom is 0.152 e. The summed E-state index contributed by atoms with van der Waals surface area (Å²) in [4.78, 5) is 4.45. The van der Waals surface area contributed by atoms with Crippen molar-refractivity contribution in [3.8, 4) is 0 Å². The van der Waals surface area contributed by atoms with Gasteiger partial charge in [0.05, 0.1) is 22.6 Å². The van der Waals surface area contributed by atoms with E-state index in [0.717, 1.165) is 40.9 Å². The van der Waals surface area contributed by atoms with Crippen molar-refractivity contribution in [3.05, 3.63) is 42.2 Å². The van der Waals surface area contributed by atoms with E-state index >= 15 is 0 Å². The van der Waals surface area contributed by atoms with Crippen LogP contribution in [-0.4, -0.2) is 14.8 Å². The van der Waals surface area contributed by atoms with Crippen LogP contribution in [0.4, 0.5) is 17.2 Å². The molecule has 108 valence electrons. The zero-order chi connectivity index (χ0) is 14.8. The van der Waals surface area contributed by atoms with Gasteiger partial charge in [0.2, 0.25) is 0 Å². The topological polar surface area (TPSA) is 68.8 Å². The fourth-order valence-electron chi connectivity index (χ4n) is 2.50. The number of pyridine rings is 1. The van der Waals surface area contributed by atoms with Gasteiger partial charge < -0.3 is 11.1 Å². The largest absolute Gasteiger partial charge is 0.394 e. The van der Waals surface area contributed by atoms with E-state index < -0.39 is 0 Å². The van der Waals surface area contributed by atoms with Gasteiger partial charge in [-0.3, -0.25) is 9.67 Å². The summed E-state index contributed by atoms with van der Waals surface area (Å²) in [5, 5.41) is 8.95. The summed E-state index contributed by atoms with van der Waals surface area (Å²) in [5.41, 5.74) is 9.74. The molecule has 0 saturated heterocycles. The SMILES string of the molecule is CCCc1nn(C)c(Nc2cccc3cccnc23)c1N. The molecule has 5 heteroatoms. The first-order valence-electron chi connectivity index (χ1n) is 7.12. The molecule has 1 aromatic carbocycles. The van der Waals surface area contributed by atoms with Gasteiger partial charge in [-0.05, 0) is 18.6 Å². The third-order valence-corrected chi connectivity index (χ3v) is 3.53. The van der Waals surface area contributed by atoms with E-state index in [4.69, 9.17) is 5.73 Å². The maximum atomic E-state index is 6.22. The number of hydrogen-bond acceptors (Lipinski definition) is 4. The fourth-order valence-corrected chi connectivity index (χ4v) is 2.50. The molecule has 2 heterocycles. The number of para-hydroxylation sites is 1. The molecule has 5 nitrogen and oxygen atoms in total. The number of nitrogens with zero attached hydrogens (tertiary/aromatic N) is 3. The first-order chi connectivity index (χ1) is 10.2. The Balaban J connectivity index is 2.03. The number of fused-ring (bicyclic) bond motifs is 1. The zero-order valence-corrected chi connectivity index (χ0v) is 12.3. The minimum absolute atomic E-state index is 0.715. The molecule has 0 saturated carbocycles. The molecule has 0 unspecified atom stereocenters. The van der Waals surface area contributed by atoms with Crippen molar-refractivity contribution in [2.24, 2.45) is 7.05 Å². The average molecular weight is 281 g/mol. The quantitative estimate of drug-likeness (QED) is 0.770. The molecule has 0 aliphatic heterocycles. The molecular weight excluding hydrogens is 262 g/mol. The number of anilines is 3. The van der Waals surface area contributed by atoms with Crippen molar-refractivity contribution >= 4 is 28.1 Å². The van der Waals surface area contributed by atoms with E-state index in [2.05, 4.69) is 22.3 Å². The minimum Gasteiger partial charge on any atom is -0.394 e. The van der Waals surface area contributed by atoms with E-state index in [-0.39, 0.29) is 0 Å². The molecule has 21 heavy (non-hydrogen) atoms. The Bertz CT molecular complexity index is 770. The Kier molecular flexibility index (Phi) is 3.48. The number of aryl methyl sites for hydroxylation is 2. The van der Waals surface area contributed by atoms with Gasteiger partial charge in [-0.15, -0.1) is 0 Å². The van der Waals surface area contributed by atoms with Crippen LogP contribution in [0, 0.1) is 0 Å². The van der Waals surface area contributed by atoms with E-state index in [1.807, 2.05) is 37.4 Å². The average Bonchev–Trinajstić information content (AvgIpc) is 2.76. The van der Waals surface area contributed by atoms with E-state index in [9.17, 15) is 0 Å². The van der Waals surface area contributed by atoms with Crippen LogP contribution in [0.2, 0.25) is 0 Å². The summed E-state index contributed by atoms with van der Waals surface area (Å²) < 4.78 is 1.79. The molecule has 0 radical (unpaired) electrons. The number of nitrogen functional groups attached to an aromatic ring is 1. The third-order valence-electron chi connectivity index (χ3n) is 3.53. The second-order valence-electron chi connectivity index (χ2n) is 5.09. The van der Waals surface area contributed by atoms with E-state index in [1.165, 1.54) is 0 Å². The van der Waals surface area contributed by atoms with Crippen LogP contribution >= 0.6 is 0 Å². The second-order valence-corrected chi connectivity index (χ2v) is 5.09. The third kappa shape index (κ3) is 2.42. The summed E-state index contributed by atoms with van der Waals surface area (Å²) in [6.45, 7) is 2.12. The normalized spacial score (nSPS) is 11.0. The number of nitrogens with two attached hydrogens (primary N) is 1. The van der Waals surface area contributed by atoms with Crippen LogP contribution in [0.3, 0.4) is 0 Å². The van der Waals surface area contributed by atoms with Gasteiger partial charge >= 0.3 is 0 Å². The van der Waals surface area contributed by atoms with Gasteiger partial charge in [-0.1, -0.05) is 31.5 Å². The molecular formula is C16H19N5. The highest BCUT2D eigenvalue weighted by molar-refractivity contribution is 5.92. The first-order valence-corrected chi connectivity index (χ1v) is 7.12. The lowest BCUT2D eigenvalue weighted by Gasteiger charge is -2.10. The minimum atomic E-state index is 0.715. The van der Waals surface area contributed by atoms with E-state index in [0.29, 0.717) is 5.69 Å². The first kappa shape index (κ1) is 13.4. The molecule has 0 fully saturated rings. The summed E-state index contributed by atoms with van der Waals surface area (Å²) in [6.07, 6.45) is 3.70. The highest BCUT2D eigenvalue weighted by atomic mass is 15.3. The van der Waals surface area contributed by atoms with Crippen molar-refractivity contribution in [2.45, 2.75) is 19.8 Å². The van der Waals surface area contributed by atoms with Crippen LogP contribution in [0.1, 0.15) is 19.0 Å². The lowest BCUT2D eigenvalue weighted by Crippen LogP contribution is -2.02. The van der Waals surface area contributed by atoms with Crippen molar-refractivity contribution in [1.29, 1.82) is 0 Å². The van der Waals surface area contributed by atoms with Crippen molar-refractivity contribution in [1.82, 2.24) is 14.8 Å².